The van der Waals surface area contributed by atoms with Crippen molar-refractivity contribution in [3.8, 4) is 0 Å². The molecule has 0 radical (unpaired) electrons. The molecule has 1 rings (SSSR count). The SMILES string of the molecule is CCCNC(=O)CNC1CCCN(CC)CC1. The fraction of sp³-hybridized carbons (Fsp3) is 0.923. The maximum absolute atomic E-state index is 11.5. The lowest BCUT2D eigenvalue weighted by Crippen LogP contribution is -2.39. The van der Waals surface area contributed by atoms with Gasteiger partial charge in [-0.1, -0.05) is 13.8 Å². The van der Waals surface area contributed by atoms with Crippen LogP contribution >= 0.6 is 0 Å². The minimum Gasteiger partial charge on any atom is -0.355 e. The molecular formula is C13H27N3O. The van der Waals surface area contributed by atoms with Crippen molar-refractivity contribution >= 4 is 5.91 Å². The standard InChI is InChI=1S/C13H27N3O/c1-3-8-14-13(17)11-15-12-6-5-9-16(4-2)10-7-12/h12,15H,3-11H2,1-2H3,(H,14,17). The van der Waals surface area contributed by atoms with Gasteiger partial charge in [0.25, 0.3) is 0 Å². The molecule has 1 amide bonds. The van der Waals surface area contributed by atoms with Gasteiger partial charge in [-0.2, -0.15) is 0 Å². The second kappa shape index (κ2) is 8.48. The van der Waals surface area contributed by atoms with Crippen molar-refractivity contribution in [2.75, 3.05) is 32.7 Å². The van der Waals surface area contributed by atoms with E-state index in [0.717, 1.165) is 32.5 Å². The van der Waals surface area contributed by atoms with Gasteiger partial charge in [0, 0.05) is 12.6 Å². The Bertz CT molecular complexity index is 221. The Labute approximate surface area is 105 Å². The number of hydrogen-bond acceptors (Lipinski definition) is 3. The molecule has 1 atom stereocenters. The van der Waals surface area contributed by atoms with E-state index < -0.39 is 0 Å². The smallest absolute Gasteiger partial charge is 0.233 e. The highest BCUT2D eigenvalue weighted by Gasteiger charge is 2.16. The maximum atomic E-state index is 11.5. The first-order chi connectivity index (χ1) is 8.26. The Morgan fingerprint density at radius 3 is 2.82 bits per heavy atom. The summed E-state index contributed by atoms with van der Waals surface area (Å²) >= 11 is 0. The summed E-state index contributed by atoms with van der Waals surface area (Å²) in [5, 5.41) is 6.27. The average Bonchev–Trinajstić information content (AvgIpc) is 2.58. The van der Waals surface area contributed by atoms with E-state index in [2.05, 4.69) is 29.4 Å². The lowest BCUT2D eigenvalue weighted by molar-refractivity contribution is -0.120. The summed E-state index contributed by atoms with van der Waals surface area (Å²) in [5.74, 6) is 0.128. The molecule has 1 unspecified atom stereocenters. The zero-order chi connectivity index (χ0) is 12.5. The van der Waals surface area contributed by atoms with Gasteiger partial charge in [-0.15, -0.1) is 0 Å². The van der Waals surface area contributed by atoms with Crippen LogP contribution in [-0.4, -0.2) is 49.6 Å². The van der Waals surface area contributed by atoms with Gasteiger partial charge in [0.1, 0.15) is 0 Å². The van der Waals surface area contributed by atoms with E-state index in [4.69, 9.17) is 0 Å². The highest BCUT2D eigenvalue weighted by Crippen LogP contribution is 2.10. The number of rotatable bonds is 6. The van der Waals surface area contributed by atoms with E-state index >= 15 is 0 Å². The van der Waals surface area contributed by atoms with Crippen LogP contribution in [0.25, 0.3) is 0 Å². The van der Waals surface area contributed by atoms with Gasteiger partial charge in [0.2, 0.25) is 5.91 Å². The maximum Gasteiger partial charge on any atom is 0.233 e. The Balaban J connectivity index is 2.16. The number of amides is 1. The van der Waals surface area contributed by atoms with E-state index in [1.807, 2.05) is 0 Å². The third-order valence-corrected chi connectivity index (χ3v) is 3.39. The Morgan fingerprint density at radius 2 is 2.12 bits per heavy atom. The van der Waals surface area contributed by atoms with Crippen LogP contribution in [-0.2, 0) is 4.79 Å². The van der Waals surface area contributed by atoms with E-state index in [0.29, 0.717) is 12.6 Å². The summed E-state index contributed by atoms with van der Waals surface area (Å²) in [6, 6.07) is 0.513. The van der Waals surface area contributed by atoms with Crippen molar-refractivity contribution < 1.29 is 4.79 Å². The van der Waals surface area contributed by atoms with Crippen molar-refractivity contribution in [3.05, 3.63) is 0 Å². The molecule has 0 saturated carbocycles. The zero-order valence-corrected chi connectivity index (χ0v) is 11.3. The molecular weight excluding hydrogens is 214 g/mol. The molecule has 1 aliphatic rings. The molecule has 1 saturated heterocycles. The van der Waals surface area contributed by atoms with Gasteiger partial charge >= 0.3 is 0 Å². The van der Waals surface area contributed by atoms with Crippen molar-refractivity contribution in [2.45, 2.75) is 45.6 Å². The largest absolute Gasteiger partial charge is 0.355 e. The van der Waals surface area contributed by atoms with Crippen LogP contribution in [0, 0.1) is 0 Å². The Morgan fingerprint density at radius 1 is 1.29 bits per heavy atom. The molecule has 1 heterocycles. The van der Waals surface area contributed by atoms with Crippen LogP contribution < -0.4 is 10.6 Å². The summed E-state index contributed by atoms with van der Waals surface area (Å²) in [7, 11) is 0. The highest BCUT2D eigenvalue weighted by atomic mass is 16.1. The number of nitrogens with zero attached hydrogens (tertiary/aromatic N) is 1. The van der Waals surface area contributed by atoms with Gasteiger partial charge in [0.15, 0.2) is 0 Å². The zero-order valence-electron chi connectivity index (χ0n) is 11.3. The fourth-order valence-corrected chi connectivity index (χ4v) is 2.24. The van der Waals surface area contributed by atoms with Gasteiger partial charge in [-0.05, 0) is 45.3 Å². The number of carbonyl (C=O) groups is 1. The molecule has 0 bridgehead atoms. The fourth-order valence-electron chi connectivity index (χ4n) is 2.24. The Kier molecular flexibility index (Phi) is 7.21. The second-order valence-corrected chi connectivity index (χ2v) is 4.79. The summed E-state index contributed by atoms with van der Waals surface area (Å²) in [6.07, 6.45) is 4.59. The quantitative estimate of drug-likeness (QED) is 0.728. The molecule has 0 aromatic carbocycles. The predicted octanol–water partition coefficient (Wildman–Crippen LogP) is 0.977. The van der Waals surface area contributed by atoms with E-state index in [-0.39, 0.29) is 5.91 Å². The second-order valence-electron chi connectivity index (χ2n) is 4.79. The van der Waals surface area contributed by atoms with Gasteiger partial charge in [-0.3, -0.25) is 4.79 Å². The van der Waals surface area contributed by atoms with Crippen LogP contribution in [0.2, 0.25) is 0 Å². The van der Waals surface area contributed by atoms with E-state index in [1.165, 1.54) is 19.4 Å². The first-order valence-electron chi connectivity index (χ1n) is 6.98. The van der Waals surface area contributed by atoms with Crippen molar-refractivity contribution in [1.29, 1.82) is 0 Å². The molecule has 0 spiro atoms. The van der Waals surface area contributed by atoms with Crippen LogP contribution in [0.1, 0.15) is 39.5 Å². The molecule has 1 fully saturated rings. The Hall–Kier alpha value is -0.610. The predicted molar refractivity (Wildman–Crippen MR) is 71.1 cm³/mol. The minimum absolute atomic E-state index is 0.128. The summed E-state index contributed by atoms with van der Waals surface area (Å²) in [4.78, 5) is 14.0. The lowest BCUT2D eigenvalue weighted by Gasteiger charge is -2.18. The molecule has 0 aromatic heterocycles. The summed E-state index contributed by atoms with van der Waals surface area (Å²) in [5.41, 5.74) is 0. The van der Waals surface area contributed by atoms with Gasteiger partial charge in [-0.25, -0.2) is 0 Å². The van der Waals surface area contributed by atoms with Crippen molar-refractivity contribution in [3.63, 3.8) is 0 Å². The number of likely N-dealkylation sites (tertiary alicyclic amines) is 1. The first-order valence-corrected chi connectivity index (χ1v) is 6.98. The minimum atomic E-state index is 0.128. The third kappa shape index (κ3) is 6.03. The monoisotopic (exact) mass is 241 g/mol. The molecule has 4 nitrogen and oxygen atoms in total. The van der Waals surface area contributed by atoms with Gasteiger partial charge in [0.05, 0.1) is 6.54 Å². The number of hydrogen-bond donors (Lipinski definition) is 2. The molecule has 0 aliphatic carbocycles. The topological polar surface area (TPSA) is 44.4 Å². The number of nitrogens with one attached hydrogen (secondary N) is 2. The van der Waals surface area contributed by atoms with E-state index in [9.17, 15) is 4.79 Å². The highest BCUT2D eigenvalue weighted by molar-refractivity contribution is 5.77. The molecule has 100 valence electrons. The summed E-state index contributed by atoms with van der Waals surface area (Å²) in [6.45, 7) is 9.04. The lowest BCUT2D eigenvalue weighted by atomic mass is 10.1. The summed E-state index contributed by atoms with van der Waals surface area (Å²) < 4.78 is 0. The van der Waals surface area contributed by atoms with E-state index in [1.54, 1.807) is 0 Å². The van der Waals surface area contributed by atoms with Gasteiger partial charge < -0.3 is 15.5 Å². The molecule has 0 aromatic rings. The van der Waals surface area contributed by atoms with Crippen LogP contribution in [0.5, 0.6) is 0 Å². The molecule has 4 heteroatoms. The van der Waals surface area contributed by atoms with Crippen molar-refractivity contribution in [2.24, 2.45) is 0 Å². The van der Waals surface area contributed by atoms with Crippen LogP contribution in [0.3, 0.4) is 0 Å². The molecule has 1 aliphatic heterocycles. The average molecular weight is 241 g/mol. The van der Waals surface area contributed by atoms with Crippen LogP contribution in [0.4, 0.5) is 0 Å². The number of carbonyl (C=O) groups excluding carboxylic acids is 1. The first kappa shape index (κ1) is 14.5. The molecule has 2 N–H and O–H groups in total. The molecule has 17 heavy (non-hydrogen) atoms. The van der Waals surface area contributed by atoms with Crippen LogP contribution in [0.15, 0.2) is 0 Å². The third-order valence-electron chi connectivity index (χ3n) is 3.39. The van der Waals surface area contributed by atoms with Crippen molar-refractivity contribution in [1.82, 2.24) is 15.5 Å². The normalized spacial score (nSPS) is 22.1.